The first kappa shape index (κ1) is 21.8. The first-order valence-electron chi connectivity index (χ1n) is 10.6. The highest BCUT2D eigenvalue weighted by Crippen LogP contribution is 2.50. The number of nitrogens with zero attached hydrogens (tertiary/aromatic N) is 2. The second-order valence-electron chi connectivity index (χ2n) is 9.04. The van der Waals surface area contributed by atoms with Gasteiger partial charge in [0.1, 0.15) is 18.2 Å². The molecular weight excluding hydrogens is 410 g/mol. The smallest absolute Gasteiger partial charge is 0.238 e. The van der Waals surface area contributed by atoms with Crippen LogP contribution >= 0.6 is 0 Å². The van der Waals surface area contributed by atoms with Crippen LogP contribution in [0.5, 0.6) is 0 Å². The number of amides is 2. The van der Waals surface area contributed by atoms with Gasteiger partial charge in [-0.15, -0.1) is 0 Å². The normalized spacial score (nSPS) is 34.3. The molecule has 0 bridgehead atoms. The summed E-state index contributed by atoms with van der Waals surface area (Å²) in [5, 5.41) is 25.4. The summed E-state index contributed by atoms with van der Waals surface area (Å²) in [5.41, 5.74) is 0.260. The number of aliphatic hydroxyl groups is 2. The molecule has 0 unspecified atom stereocenters. The lowest BCUT2D eigenvalue weighted by molar-refractivity contribution is -0.132. The Hall–Kier alpha value is -2.39. The Bertz CT molecular complexity index is 921. The number of hydrogen-bond acceptors (Lipinski definition) is 6. The molecule has 2 saturated carbocycles. The summed E-state index contributed by atoms with van der Waals surface area (Å²) >= 11 is 0. The fourth-order valence-corrected chi connectivity index (χ4v) is 5.14. The van der Waals surface area contributed by atoms with Gasteiger partial charge in [0.2, 0.25) is 11.8 Å². The molecule has 0 spiro atoms. The van der Waals surface area contributed by atoms with E-state index in [1.165, 1.54) is 0 Å². The molecule has 1 heterocycles. The summed E-state index contributed by atoms with van der Waals surface area (Å²) in [7, 11) is 0. The van der Waals surface area contributed by atoms with Gasteiger partial charge in [0.05, 0.1) is 35.4 Å². The van der Waals surface area contributed by atoms with Crippen LogP contribution in [0.15, 0.2) is 23.4 Å². The van der Waals surface area contributed by atoms with E-state index in [2.05, 4.69) is 5.16 Å². The van der Waals surface area contributed by atoms with Crippen molar-refractivity contribution < 1.29 is 33.4 Å². The third-order valence-corrected chi connectivity index (χ3v) is 6.52. The van der Waals surface area contributed by atoms with Gasteiger partial charge in [0, 0.05) is 24.3 Å². The number of oxime groups is 1. The van der Waals surface area contributed by atoms with Crippen LogP contribution < -0.4 is 4.90 Å². The van der Waals surface area contributed by atoms with E-state index in [4.69, 9.17) is 4.84 Å². The third-order valence-electron chi connectivity index (χ3n) is 6.52. The van der Waals surface area contributed by atoms with Crippen molar-refractivity contribution in [1.29, 1.82) is 0 Å². The highest BCUT2D eigenvalue weighted by Gasteiger charge is 2.60. The minimum Gasteiger partial charge on any atom is -0.396 e. The first-order valence-corrected chi connectivity index (χ1v) is 10.6. The maximum absolute atomic E-state index is 14.4. The van der Waals surface area contributed by atoms with Crippen molar-refractivity contribution in [2.75, 3.05) is 11.5 Å². The summed E-state index contributed by atoms with van der Waals surface area (Å²) in [6, 6.07) is 2.67. The number of halogens is 2. The summed E-state index contributed by atoms with van der Waals surface area (Å²) in [4.78, 5) is 32.5. The van der Waals surface area contributed by atoms with Gasteiger partial charge in [-0.05, 0) is 30.9 Å². The van der Waals surface area contributed by atoms with Crippen molar-refractivity contribution in [2.45, 2.75) is 45.3 Å². The molecule has 0 aromatic heterocycles. The average molecular weight is 436 g/mol. The monoisotopic (exact) mass is 436 g/mol. The van der Waals surface area contributed by atoms with Crippen molar-refractivity contribution in [3.8, 4) is 0 Å². The maximum Gasteiger partial charge on any atom is 0.238 e. The number of carbonyl (C=O) groups excluding carboxylic acids is 2. The number of imide groups is 1. The van der Waals surface area contributed by atoms with Crippen molar-refractivity contribution in [3.63, 3.8) is 0 Å². The number of carbonyl (C=O) groups is 2. The molecule has 9 heteroatoms. The number of rotatable bonds is 4. The molecule has 1 aromatic carbocycles. The molecule has 1 saturated heterocycles. The fraction of sp³-hybridized carbons (Fsp3) is 0.591. The van der Waals surface area contributed by atoms with Gasteiger partial charge in [-0.25, -0.2) is 13.7 Å². The molecule has 0 radical (unpaired) electrons. The van der Waals surface area contributed by atoms with Crippen LogP contribution in [0.1, 0.15) is 33.1 Å². The molecule has 168 valence electrons. The molecule has 3 aliphatic rings. The number of fused-ring (bicyclic) bond motifs is 3. The van der Waals surface area contributed by atoms with Crippen LogP contribution in [0.3, 0.4) is 0 Å². The van der Waals surface area contributed by atoms with E-state index in [0.717, 1.165) is 17.0 Å². The second-order valence-corrected chi connectivity index (χ2v) is 9.04. The topological polar surface area (TPSA) is 99.4 Å². The Kier molecular flexibility index (Phi) is 5.83. The summed E-state index contributed by atoms with van der Waals surface area (Å²) in [6.07, 6.45) is -1.41. The van der Waals surface area contributed by atoms with E-state index < -0.39 is 53.4 Å². The first-order chi connectivity index (χ1) is 14.7. The minimum absolute atomic E-state index is 0.121. The summed E-state index contributed by atoms with van der Waals surface area (Å²) < 4.78 is 27.7. The lowest BCUT2D eigenvalue weighted by Crippen LogP contribution is -2.54. The van der Waals surface area contributed by atoms with Crippen LogP contribution in [0.25, 0.3) is 0 Å². The van der Waals surface area contributed by atoms with Gasteiger partial charge in [0.25, 0.3) is 0 Å². The molecular formula is C22H26F2N2O5. The van der Waals surface area contributed by atoms with E-state index >= 15 is 0 Å². The van der Waals surface area contributed by atoms with E-state index in [1.54, 1.807) is 0 Å². The SMILES string of the molecule is CC(C)CON=C1C[C@@H](O)[C@@H](O)[C@@H]2[C@H]3C(=O)N(c4ccc(F)cc4F)C(=O)[C@@H]3CC[C@H]12. The number of benzene rings is 1. The van der Waals surface area contributed by atoms with Crippen molar-refractivity contribution >= 4 is 23.2 Å². The quantitative estimate of drug-likeness (QED) is 0.557. The number of aliphatic hydroxyl groups excluding tert-OH is 2. The minimum atomic E-state index is -1.23. The lowest BCUT2D eigenvalue weighted by Gasteiger charge is -2.45. The lowest BCUT2D eigenvalue weighted by atomic mass is 9.60. The Morgan fingerprint density at radius 2 is 1.87 bits per heavy atom. The van der Waals surface area contributed by atoms with Gasteiger partial charge >= 0.3 is 0 Å². The van der Waals surface area contributed by atoms with E-state index in [1.807, 2.05) is 13.8 Å². The molecule has 2 N–H and O–H groups in total. The van der Waals surface area contributed by atoms with Crippen LogP contribution in [0.4, 0.5) is 14.5 Å². The highest BCUT2D eigenvalue weighted by molar-refractivity contribution is 6.22. The molecule has 1 aromatic rings. The predicted molar refractivity (Wildman–Crippen MR) is 107 cm³/mol. The van der Waals surface area contributed by atoms with Crippen LogP contribution in [0.2, 0.25) is 0 Å². The largest absolute Gasteiger partial charge is 0.396 e. The van der Waals surface area contributed by atoms with E-state index in [0.29, 0.717) is 31.2 Å². The van der Waals surface area contributed by atoms with Crippen molar-refractivity contribution in [2.24, 2.45) is 34.7 Å². The molecule has 1 aliphatic heterocycles. The van der Waals surface area contributed by atoms with Crippen LogP contribution in [-0.4, -0.2) is 46.6 Å². The van der Waals surface area contributed by atoms with Crippen molar-refractivity contribution in [3.05, 3.63) is 29.8 Å². The zero-order valence-corrected chi connectivity index (χ0v) is 17.4. The number of hydrogen-bond donors (Lipinski definition) is 2. The van der Waals surface area contributed by atoms with Gasteiger partial charge in [0.15, 0.2) is 0 Å². The van der Waals surface area contributed by atoms with Crippen LogP contribution in [-0.2, 0) is 14.4 Å². The fourth-order valence-electron chi connectivity index (χ4n) is 5.14. The van der Waals surface area contributed by atoms with Gasteiger partial charge < -0.3 is 15.1 Å². The summed E-state index contributed by atoms with van der Waals surface area (Å²) in [5.74, 6) is -5.52. The van der Waals surface area contributed by atoms with Gasteiger partial charge in [-0.3, -0.25) is 9.59 Å². The maximum atomic E-state index is 14.4. The zero-order chi connectivity index (χ0) is 22.4. The Labute approximate surface area is 178 Å². The van der Waals surface area contributed by atoms with Gasteiger partial charge in [-0.1, -0.05) is 19.0 Å². The Morgan fingerprint density at radius 3 is 2.55 bits per heavy atom. The predicted octanol–water partition coefficient (Wildman–Crippen LogP) is 2.25. The zero-order valence-electron chi connectivity index (χ0n) is 17.4. The highest BCUT2D eigenvalue weighted by atomic mass is 19.1. The molecule has 2 amide bonds. The summed E-state index contributed by atoms with van der Waals surface area (Å²) in [6.45, 7) is 4.33. The Morgan fingerprint density at radius 1 is 1.16 bits per heavy atom. The average Bonchev–Trinajstić information content (AvgIpc) is 2.96. The Balaban J connectivity index is 1.67. The van der Waals surface area contributed by atoms with Crippen LogP contribution in [0, 0.1) is 41.2 Å². The third kappa shape index (κ3) is 3.74. The molecule has 7 nitrogen and oxygen atoms in total. The molecule has 31 heavy (non-hydrogen) atoms. The van der Waals surface area contributed by atoms with E-state index in [9.17, 15) is 28.6 Å². The molecule has 4 rings (SSSR count). The number of anilines is 1. The molecule has 3 fully saturated rings. The molecule has 6 atom stereocenters. The standard InChI is InChI=1S/C22H26F2N2O5/c1-10(2)9-31-25-15-8-17(27)20(28)18-12(15)4-5-13-19(18)22(30)26(21(13)29)16-6-3-11(23)7-14(16)24/h3,6-7,10,12-13,17-20,27-28H,4-5,8-9H2,1-2H3/t12-,13-,17-,18+,19+,20-/m1/s1. The van der Waals surface area contributed by atoms with E-state index in [-0.39, 0.29) is 23.9 Å². The molecule has 2 aliphatic carbocycles. The van der Waals surface area contributed by atoms with Crippen molar-refractivity contribution in [1.82, 2.24) is 0 Å². The second kappa shape index (κ2) is 8.27. The van der Waals surface area contributed by atoms with Gasteiger partial charge in [-0.2, -0.15) is 0 Å².